The van der Waals surface area contributed by atoms with E-state index in [9.17, 15) is 0 Å². The Hall–Kier alpha value is -1.66. The first kappa shape index (κ1) is 13.4. The highest BCUT2D eigenvalue weighted by Gasteiger charge is 2.04. The number of ether oxygens (including phenoxy) is 1. The molecule has 0 amide bonds. The zero-order chi connectivity index (χ0) is 12.7. The molecular formula is C11H19N5O. The minimum Gasteiger partial charge on any atom is -0.382 e. The van der Waals surface area contributed by atoms with Gasteiger partial charge in [-0.1, -0.05) is 0 Å². The molecule has 0 fully saturated rings. The normalized spacial score (nSPS) is 13.3. The Morgan fingerprint density at radius 1 is 1.65 bits per heavy atom. The molecule has 0 aliphatic carbocycles. The number of pyridine rings is 1. The molecule has 1 aromatic heterocycles. The Morgan fingerprint density at radius 2 is 2.41 bits per heavy atom. The number of hydrazine groups is 1. The summed E-state index contributed by atoms with van der Waals surface area (Å²) in [4.78, 5) is 8.38. The summed E-state index contributed by atoms with van der Waals surface area (Å²) < 4.78 is 5.01. The standard InChI is InChI=1S/C11H19N5O/c1-8-4-5-13-6-10(8)15-11(16-12)14-9(2)7-17-3/h4-6,9H,7,12H2,1-3H3,(H2,14,15,16). The molecule has 0 aliphatic heterocycles. The van der Waals surface area contributed by atoms with Gasteiger partial charge in [0.25, 0.3) is 0 Å². The minimum atomic E-state index is 0.0236. The van der Waals surface area contributed by atoms with Gasteiger partial charge in [-0.3, -0.25) is 10.4 Å². The van der Waals surface area contributed by atoms with Gasteiger partial charge < -0.3 is 10.1 Å². The molecule has 1 unspecified atom stereocenters. The van der Waals surface area contributed by atoms with Crippen LogP contribution in [0, 0.1) is 6.92 Å². The highest BCUT2D eigenvalue weighted by molar-refractivity contribution is 5.93. The van der Waals surface area contributed by atoms with Crippen molar-refractivity contribution in [1.82, 2.24) is 10.4 Å². The van der Waals surface area contributed by atoms with Gasteiger partial charge in [0, 0.05) is 13.3 Å². The van der Waals surface area contributed by atoms with Gasteiger partial charge in [0.15, 0.2) is 0 Å². The zero-order valence-electron chi connectivity index (χ0n) is 10.4. The van der Waals surface area contributed by atoms with Crippen LogP contribution in [-0.2, 0) is 4.74 Å². The van der Waals surface area contributed by atoms with E-state index in [1.54, 1.807) is 19.5 Å². The lowest BCUT2D eigenvalue weighted by Gasteiger charge is -2.13. The maximum absolute atomic E-state index is 5.41. The molecule has 0 saturated heterocycles. The maximum Gasteiger partial charge on any atom is 0.210 e. The number of methoxy groups -OCH3 is 1. The molecule has 0 saturated carbocycles. The average molecular weight is 237 g/mol. The molecule has 1 rings (SSSR count). The molecule has 0 aromatic carbocycles. The van der Waals surface area contributed by atoms with E-state index >= 15 is 0 Å². The summed E-state index contributed by atoms with van der Waals surface area (Å²) in [6, 6.07) is 1.94. The van der Waals surface area contributed by atoms with Crippen molar-refractivity contribution in [1.29, 1.82) is 0 Å². The molecule has 1 heterocycles. The summed E-state index contributed by atoms with van der Waals surface area (Å²) in [6.07, 6.45) is 3.46. The largest absolute Gasteiger partial charge is 0.382 e. The second-order valence-electron chi connectivity index (χ2n) is 3.74. The SMILES string of the molecule is COCC(C)N=C(NN)Nc1cnccc1C. The molecule has 6 nitrogen and oxygen atoms in total. The monoisotopic (exact) mass is 237 g/mol. The van der Waals surface area contributed by atoms with E-state index in [2.05, 4.69) is 20.7 Å². The number of anilines is 1. The van der Waals surface area contributed by atoms with Crippen LogP contribution in [0.2, 0.25) is 0 Å². The molecule has 4 N–H and O–H groups in total. The summed E-state index contributed by atoms with van der Waals surface area (Å²) in [5.74, 6) is 5.90. The predicted octanol–water partition coefficient (Wildman–Crippen LogP) is 0.656. The fourth-order valence-electron chi connectivity index (χ4n) is 1.33. The van der Waals surface area contributed by atoms with E-state index in [0.717, 1.165) is 11.3 Å². The topological polar surface area (TPSA) is 84.6 Å². The van der Waals surface area contributed by atoms with Crippen molar-refractivity contribution in [3.05, 3.63) is 24.0 Å². The number of nitrogens with one attached hydrogen (secondary N) is 2. The predicted molar refractivity (Wildman–Crippen MR) is 68.7 cm³/mol. The van der Waals surface area contributed by atoms with Crippen LogP contribution in [0.5, 0.6) is 0 Å². The van der Waals surface area contributed by atoms with E-state index in [1.807, 2.05) is 19.9 Å². The Labute approximate surface area is 101 Å². The van der Waals surface area contributed by atoms with Crippen LogP contribution in [0.3, 0.4) is 0 Å². The van der Waals surface area contributed by atoms with Gasteiger partial charge in [0.2, 0.25) is 5.96 Å². The number of aryl methyl sites for hydroxylation is 1. The second kappa shape index (κ2) is 6.82. The number of guanidine groups is 1. The Bertz CT molecular complexity index is 380. The highest BCUT2D eigenvalue weighted by Crippen LogP contribution is 2.10. The molecule has 1 aromatic rings. The second-order valence-corrected chi connectivity index (χ2v) is 3.74. The Morgan fingerprint density at radius 3 is 3.00 bits per heavy atom. The molecule has 0 bridgehead atoms. The lowest BCUT2D eigenvalue weighted by molar-refractivity contribution is 0.185. The van der Waals surface area contributed by atoms with Crippen LogP contribution in [0.4, 0.5) is 5.69 Å². The van der Waals surface area contributed by atoms with E-state index in [4.69, 9.17) is 10.6 Å². The van der Waals surface area contributed by atoms with Gasteiger partial charge in [-0.2, -0.15) is 0 Å². The fraction of sp³-hybridized carbons (Fsp3) is 0.455. The van der Waals surface area contributed by atoms with Crippen molar-refractivity contribution < 1.29 is 4.74 Å². The van der Waals surface area contributed by atoms with Gasteiger partial charge in [-0.15, -0.1) is 0 Å². The van der Waals surface area contributed by atoms with Crippen LogP contribution < -0.4 is 16.6 Å². The molecule has 17 heavy (non-hydrogen) atoms. The lowest BCUT2D eigenvalue weighted by Crippen LogP contribution is -2.37. The number of aliphatic imine (C=N–C) groups is 1. The number of rotatable bonds is 4. The van der Waals surface area contributed by atoms with E-state index < -0.39 is 0 Å². The summed E-state index contributed by atoms with van der Waals surface area (Å²) >= 11 is 0. The zero-order valence-corrected chi connectivity index (χ0v) is 10.4. The van der Waals surface area contributed by atoms with Crippen LogP contribution >= 0.6 is 0 Å². The summed E-state index contributed by atoms with van der Waals surface area (Å²) in [5.41, 5.74) is 4.46. The van der Waals surface area contributed by atoms with Crippen LogP contribution in [0.1, 0.15) is 12.5 Å². The number of aromatic nitrogens is 1. The first-order valence-corrected chi connectivity index (χ1v) is 5.38. The van der Waals surface area contributed by atoms with Crippen LogP contribution in [0.25, 0.3) is 0 Å². The van der Waals surface area contributed by atoms with Gasteiger partial charge in [-0.25, -0.2) is 10.8 Å². The molecular weight excluding hydrogens is 218 g/mol. The lowest BCUT2D eigenvalue weighted by atomic mass is 10.2. The quantitative estimate of drug-likeness (QED) is 0.310. The molecule has 6 heteroatoms. The van der Waals surface area contributed by atoms with Gasteiger partial charge in [0.1, 0.15) is 0 Å². The van der Waals surface area contributed by atoms with Crippen LogP contribution in [0.15, 0.2) is 23.5 Å². The smallest absolute Gasteiger partial charge is 0.210 e. The van der Waals surface area contributed by atoms with Crippen molar-refractivity contribution in [3.63, 3.8) is 0 Å². The molecule has 94 valence electrons. The van der Waals surface area contributed by atoms with E-state index in [-0.39, 0.29) is 6.04 Å². The minimum absolute atomic E-state index is 0.0236. The van der Waals surface area contributed by atoms with Crippen molar-refractivity contribution in [2.24, 2.45) is 10.8 Å². The Kier molecular flexibility index (Phi) is 5.38. The third-order valence-corrected chi connectivity index (χ3v) is 2.19. The van der Waals surface area contributed by atoms with Gasteiger partial charge in [-0.05, 0) is 25.5 Å². The number of nitrogens with zero attached hydrogens (tertiary/aromatic N) is 2. The van der Waals surface area contributed by atoms with Crippen molar-refractivity contribution >= 4 is 11.6 Å². The van der Waals surface area contributed by atoms with E-state index in [1.165, 1.54) is 0 Å². The Balaban J connectivity index is 2.73. The van der Waals surface area contributed by atoms with Crippen molar-refractivity contribution in [2.45, 2.75) is 19.9 Å². The number of hydrogen-bond donors (Lipinski definition) is 3. The van der Waals surface area contributed by atoms with Crippen molar-refractivity contribution in [3.8, 4) is 0 Å². The first-order chi connectivity index (χ1) is 8.17. The maximum atomic E-state index is 5.41. The molecule has 1 atom stereocenters. The summed E-state index contributed by atoms with van der Waals surface area (Å²) in [7, 11) is 1.64. The number of nitrogens with two attached hydrogens (primary N) is 1. The first-order valence-electron chi connectivity index (χ1n) is 5.38. The summed E-state index contributed by atoms with van der Waals surface area (Å²) in [5, 5.41) is 3.08. The van der Waals surface area contributed by atoms with Gasteiger partial charge in [0.05, 0.1) is 24.5 Å². The fourth-order valence-corrected chi connectivity index (χ4v) is 1.33. The third-order valence-electron chi connectivity index (χ3n) is 2.19. The average Bonchev–Trinajstić information content (AvgIpc) is 2.31. The third kappa shape index (κ3) is 4.38. The number of hydrogen-bond acceptors (Lipinski definition) is 4. The molecule has 0 radical (unpaired) electrons. The van der Waals surface area contributed by atoms with Crippen LogP contribution in [-0.4, -0.2) is 30.7 Å². The van der Waals surface area contributed by atoms with Gasteiger partial charge >= 0.3 is 0 Å². The highest BCUT2D eigenvalue weighted by atomic mass is 16.5. The summed E-state index contributed by atoms with van der Waals surface area (Å²) in [6.45, 7) is 4.47. The molecule has 0 aliphatic rings. The molecule has 0 spiro atoms. The van der Waals surface area contributed by atoms with Crippen molar-refractivity contribution in [2.75, 3.05) is 19.0 Å². The van der Waals surface area contributed by atoms with E-state index in [0.29, 0.717) is 12.6 Å².